The Labute approximate surface area is 112 Å². The molecule has 102 valence electrons. The van der Waals surface area contributed by atoms with E-state index in [9.17, 15) is 4.79 Å². The Morgan fingerprint density at radius 1 is 1.42 bits per heavy atom. The molecule has 0 unspecified atom stereocenters. The van der Waals surface area contributed by atoms with Crippen molar-refractivity contribution in [3.05, 3.63) is 23.8 Å². The van der Waals surface area contributed by atoms with Crippen LogP contribution in [0.15, 0.2) is 18.2 Å². The fourth-order valence-electron chi connectivity index (χ4n) is 2.54. The van der Waals surface area contributed by atoms with Crippen LogP contribution in [-0.2, 0) is 16.0 Å². The van der Waals surface area contributed by atoms with Crippen LogP contribution in [0.4, 0.5) is 5.69 Å². The molecule has 2 N–H and O–H groups in total. The topological polar surface area (TPSA) is 64.8 Å². The van der Waals surface area contributed by atoms with Gasteiger partial charge in [-0.1, -0.05) is 6.07 Å². The van der Waals surface area contributed by atoms with Crippen molar-refractivity contribution in [2.45, 2.75) is 6.42 Å². The molecule has 2 aliphatic rings. The highest BCUT2D eigenvalue weighted by molar-refractivity contribution is 5.97. The van der Waals surface area contributed by atoms with Crippen molar-refractivity contribution in [3.8, 4) is 5.75 Å². The fraction of sp³-hybridized carbons (Fsp3) is 0.500. The highest BCUT2D eigenvalue weighted by atomic mass is 16.5. The van der Waals surface area contributed by atoms with E-state index in [1.54, 1.807) is 11.9 Å². The first-order valence-electron chi connectivity index (χ1n) is 6.44. The van der Waals surface area contributed by atoms with Gasteiger partial charge in [-0.15, -0.1) is 0 Å². The van der Waals surface area contributed by atoms with Crippen LogP contribution in [0.25, 0.3) is 0 Å². The summed E-state index contributed by atoms with van der Waals surface area (Å²) in [6.45, 7) is 2.16. The zero-order valence-corrected chi connectivity index (χ0v) is 11.0. The molecule has 1 aromatic rings. The van der Waals surface area contributed by atoms with Gasteiger partial charge in [-0.05, 0) is 24.1 Å². The maximum atomic E-state index is 11.6. The summed E-state index contributed by atoms with van der Waals surface area (Å²) in [7, 11) is 1.78. The summed E-state index contributed by atoms with van der Waals surface area (Å²) in [5, 5.41) is 0. The molecular weight excluding hydrogens is 244 g/mol. The van der Waals surface area contributed by atoms with E-state index in [-0.39, 0.29) is 17.9 Å². The monoisotopic (exact) mass is 262 g/mol. The Hall–Kier alpha value is -1.59. The molecule has 0 saturated carbocycles. The Kier molecular flexibility index (Phi) is 2.95. The van der Waals surface area contributed by atoms with Crippen molar-refractivity contribution < 1.29 is 14.3 Å². The molecule has 0 radical (unpaired) electrons. The van der Waals surface area contributed by atoms with Gasteiger partial charge >= 0.3 is 0 Å². The van der Waals surface area contributed by atoms with Gasteiger partial charge in [0.05, 0.1) is 18.9 Å². The van der Waals surface area contributed by atoms with E-state index >= 15 is 0 Å². The van der Waals surface area contributed by atoms with Crippen LogP contribution in [0.5, 0.6) is 5.75 Å². The molecule has 1 amide bonds. The van der Waals surface area contributed by atoms with Gasteiger partial charge in [-0.2, -0.15) is 0 Å². The maximum Gasteiger partial charge on any atom is 0.264 e. The third kappa shape index (κ3) is 2.09. The van der Waals surface area contributed by atoms with Crippen LogP contribution in [0.2, 0.25) is 0 Å². The zero-order chi connectivity index (χ0) is 13.5. The first-order valence-corrected chi connectivity index (χ1v) is 6.44. The molecule has 5 heteroatoms. The van der Waals surface area contributed by atoms with Gasteiger partial charge < -0.3 is 20.1 Å². The van der Waals surface area contributed by atoms with E-state index in [1.165, 1.54) is 0 Å². The summed E-state index contributed by atoms with van der Waals surface area (Å²) in [4.78, 5) is 13.3. The third-order valence-corrected chi connectivity index (χ3v) is 3.94. The van der Waals surface area contributed by atoms with Crippen molar-refractivity contribution in [1.82, 2.24) is 0 Å². The van der Waals surface area contributed by atoms with Gasteiger partial charge in [0, 0.05) is 19.0 Å². The van der Waals surface area contributed by atoms with Gasteiger partial charge in [0.25, 0.3) is 5.91 Å². The normalized spacial score (nSPS) is 20.5. The predicted molar refractivity (Wildman–Crippen MR) is 71.4 cm³/mol. The highest BCUT2D eigenvalue weighted by Crippen LogP contribution is 2.36. The molecule has 5 nitrogen and oxygen atoms in total. The van der Waals surface area contributed by atoms with E-state index in [0.29, 0.717) is 19.8 Å². The minimum absolute atomic E-state index is 0.0230. The second kappa shape index (κ2) is 4.51. The van der Waals surface area contributed by atoms with Crippen LogP contribution in [-0.4, -0.2) is 39.3 Å². The minimum Gasteiger partial charge on any atom is -0.482 e. The number of carbonyl (C=O) groups is 1. The van der Waals surface area contributed by atoms with E-state index < -0.39 is 0 Å². The van der Waals surface area contributed by atoms with E-state index in [0.717, 1.165) is 23.4 Å². The van der Waals surface area contributed by atoms with Crippen molar-refractivity contribution in [3.63, 3.8) is 0 Å². The number of carbonyl (C=O) groups excluding carboxylic acids is 1. The van der Waals surface area contributed by atoms with Crippen LogP contribution >= 0.6 is 0 Å². The quantitative estimate of drug-likeness (QED) is 0.864. The molecule has 0 atom stereocenters. The number of amides is 1. The number of rotatable bonds is 3. The van der Waals surface area contributed by atoms with Crippen molar-refractivity contribution in [2.75, 3.05) is 38.3 Å². The van der Waals surface area contributed by atoms with E-state index in [4.69, 9.17) is 15.2 Å². The molecule has 19 heavy (non-hydrogen) atoms. The summed E-state index contributed by atoms with van der Waals surface area (Å²) in [6.07, 6.45) is 0.874. The zero-order valence-electron chi connectivity index (χ0n) is 11.0. The minimum atomic E-state index is -0.0230. The average Bonchev–Trinajstić information content (AvgIpc) is 2.39. The molecule has 0 bridgehead atoms. The summed E-state index contributed by atoms with van der Waals surface area (Å²) in [5.41, 5.74) is 7.90. The summed E-state index contributed by atoms with van der Waals surface area (Å²) in [6, 6.07) is 5.98. The van der Waals surface area contributed by atoms with Gasteiger partial charge in [0.2, 0.25) is 0 Å². The number of benzene rings is 1. The predicted octanol–water partition coefficient (Wildman–Crippen LogP) is 0.560. The molecule has 3 rings (SSSR count). The molecule has 1 saturated heterocycles. The fourth-order valence-corrected chi connectivity index (χ4v) is 2.54. The standard InChI is InChI=1S/C14H18N2O3/c1-16-11-4-10(5-14(7-15)8-18-9-14)2-3-12(11)19-6-13(16)17/h2-4H,5-9,15H2,1H3. The maximum absolute atomic E-state index is 11.6. The number of nitrogens with zero attached hydrogens (tertiary/aromatic N) is 1. The lowest BCUT2D eigenvalue weighted by Crippen LogP contribution is -2.49. The van der Waals surface area contributed by atoms with Crippen LogP contribution in [0, 0.1) is 5.41 Å². The molecular formula is C14H18N2O3. The van der Waals surface area contributed by atoms with Crippen molar-refractivity contribution >= 4 is 11.6 Å². The Bertz CT molecular complexity index is 506. The number of fused-ring (bicyclic) bond motifs is 1. The average molecular weight is 262 g/mol. The number of ether oxygens (including phenoxy) is 2. The lowest BCUT2D eigenvalue weighted by Gasteiger charge is -2.41. The van der Waals surface area contributed by atoms with Gasteiger partial charge in [-0.25, -0.2) is 0 Å². The second-order valence-electron chi connectivity index (χ2n) is 5.42. The number of hydrogen-bond acceptors (Lipinski definition) is 4. The molecule has 0 aromatic heterocycles. The summed E-state index contributed by atoms with van der Waals surface area (Å²) in [5.74, 6) is 0.739. The van der Waals surface area contributed by atoms with Crippen LogP contribution < -0.4 is 15.4 Å². The van der Waals surface area contributed by atoms with Crippen molar-refractivity contribution in [1.29, 1.82) is 0 Å². The van der Waals surface area contributed by atoms with Crippen molar-refractivity contribution in [2.24, 2.45) is 11.1 Å². The molecule has 0 aliphatic carbocycles. The second-order valence-corrected chi connectivity index (χ2v) is 5.42. The van der Waals surface area contributed by atoms with E-state index in [2.05, 4.69) is 0 Å². The number of anilines is 1. The van der Waals surface area contributed by atoms with Crippen LogP contribution in [0.3, 0.4) is 0 Å². The molecule has 1 aromatic carbocycles. The Balaban J connectivity index is 1.86. The summed E-state index contributed by atoms with van der Waals surface area (Å²) >= 11 is 0. The smallest absolute Gasteiger partial charge is 0.264 e. The van der Waals surface area contributed by atoms with Gasteiger partial charge in [-0.3, -0.25) is 4.79 Å². The van der Waals surface area contributed by atoms with E-state index in [1.807, 2.05) is 18.2 Å². The van der Waals surface area contributed by atoms with Crippen LogP contribution in [0.1, 0.15) is 5.56 Å². The van der Waals surface area contributed by atoms with Gasteiger partial charge in [0.15, 0.2) is 6.61 Å². The molecule has 1 fully saturated rings. The largest absolute Gasteiger partial charge is 0.482 e. The molecule has 2 aliphatic heterocycles. The lowest BCUT2D eigenvalue weighted by atomic mass is 9.80. The molecule has 0 spiro atoms. The summed E-state index contributed by atoms with van der Waals surface area (Å²) < 4.78 is 10.7. The van der Waals surface area contributed by atoms with Gasteiger partial charge in [0.1, 0.15) is 5.75 Å². The number of hydrogen-bond donors (Lipinski definition) is 1. The molecule has 2 heterocycles. The lowest BCUT2D eigenvalue weighted by molar-refractivity contribution is -0.121. The first kappa shape index (κ1) is 12.4. The Morgan fingerprint density at radius 3 is 2.84 bits per heavy atom. The number of nitrogens with two attached hydrogens (primary N) is 1. The Morgan fingerprint density at radius 2 is 2.21 bits per heavy atom. The third-order valence-electron chi connectivity index (χ3n) is 3.94. The highest BCUT2D eigenvalue weighted by Gasteiger charge is 2.37. The number of likely N-dealkylation sites (N-methyl/N-ethyl adjacent to an activating group) is 1. The SMILES string of the molecule is CN1C(=O)COc2ccc(CC3(CN)COC3)cc21. The first-order chi connectivity index (χ1) is 9.13.